The van der Waals surface area contributed by atoms with Crippen LogP contribution in [-0.4, -0.2) is 67.7 Å². The van der Waals surface area contributed by atoms with E-state index in [1.165, 1.54) is 17.1 Å². The second kappa shape index (κ2) is 11.1. The Kier molecular flexibility index (Phi) is 8.08. The first-order valence-corrected chi connectivity index (χ1v) is 12.5. The Balaban J connectivity index is 1.52. The number of primary amides is 1. The van der Waals surface area contributed by atoms with Gasteiger partial charge in [-0.25, -0.2) is 9.97 Å². The molecule has 1 fully saturated rings. The normalized spacial score (nSPS) is 18.1. The molecule has 1 aliphatic rings. The number of hydrogen-bond acceptors (Lipinski definition) is 8. The number of carbonyl (C=O) groups excluding carboxylic acids is 2. The summed E-state index contributed by atoms with van der Waals surface area (Å²) in [5.74, 6) is -1.10. The molecule has 2 amide bonds. The highest BCUT2D eigenvalue weighted by Gasteiger charge is 2.71. The number of aryl methyl sites for hydroxylation is 1. The topological polar surface area (TPSA) is 151 Å². The van der Waals surface area contributed by atoms with Crippen LogP contribution in [-0.2, 0) is 12.6 Å². The smallest absolute Gasteiger partial charge is 0.369 e. The molecule has 17 heteroatoms. The maximum absolute atomic E-state index is 13.2. The van der Waals surface area contributed by atoms with Crippen molar-refractivity contribution in [3.8, 4) is 0 Å². The van der Waals surface area contributed by atoms with E-state index in [9.17, 15) is 41.0 Å². The van der Waals surface area contributed by atoms with E-state index >= 15 is 0 Å². The fourth-order valence-corrected chi connectivity index (χ4v) is 4.67. The van der Waals surface area contributed by atoms with E-state index in [0.29, 0.717) is 43.0 Å². The van der Waals surface area contributed by atoms with Crippen LogP contribution in [0.3, 0.4) is 0 Å². The third kappa shape index (κ3) is 5.81. The minimum atomic E-state index is -6.04. The Labute approximate surface area is 234 Å². The second-order valence-corrected chi connectivity index (χ2v) is 9.76. The summed E-state index contributed by atoms with van der Waals surface area (Å²) in [6, 6.07) is 1.51. The molecule has 4 rings (SSSR count). The second-order valence-electron chi connectivity index (χ2n) is 9.76. The molecule has 0 spiro atoms. The van der Waals surface area contributed by atoms with E-state index in [1.54, 1.807) is 20.2 Å². The molecule has 226 valence electrons. The van der Waals surface area contributed by atoms with Crippen molar-refractivity contribution >= 4 is 29.1 Å². The average molecular weight is 601 g/mol. The van der Waals surface area contributed by atoms with Gasteiger partial charge in [-0.3, -0.25) is 14.3 Å². The van der Waals surface area contributed by atoms with Crippen molar-refractivity contribution in [2.45, 2.75) is 49.8 Å². The number of anilines is 3. The van der Waals surface area contributed by atoms with Crippen LogP contribution in [0.25, 0.3) is 0 Å². The Morgan fingerprint density at radius 3 is 2.26 bits per heavy atom. The number of halogens is 6. The first-order valence-electron chi connectivity index (χ1n) is 12.5. The summed E-state index contributed by atoms with van der Waals surface area (Å²) < 4.78 is 80.6. The zero-order chi connectivity index (χ0) is 31.0. The van der Waals surface area contributed by atoms with Crippen LogP contribution < -0.4 is 21.3 Å². The lowest BCUT2D eigenvalue weighted by atomic mass is 9.91. The number of benzene rings is 1. The number of alkyl halides is 6. The molecule has 11 nitrogen and oxygen atoms in total. The number of nitrogens with zero attached hydrogens (tertiary/aromatic N) is 5. The molecular weight excluding hydrogens is 574 g/mol. The maximum atomic E-state index is 13.2. The third-order valence-electron chi connectivity index (χ3n) is 6.94. The van der Waals surface area contributed by atoms with E-state index < -0.39 is 41.4 Å². The molecule has 0 bridgehead atoms. The fraction of sp³-hybridized carbons (Fsp3) is 0.400. The van der Waals surface area contributed by atoms with Gasteiger partial charge in [0.05, 0.1) is 18.1 Å². The molecule has 3 heterocycles. The van der Waals surface area contributed by atoms with Gasteiger partial charge < -0.3 is 26.4 Å². The number of rotatable bonds is 7. The summed E-state index contributed by atoms with van der Waals surface area (Å²) in [7, 11) is 1.70. The van der Waals surface area contributed by atoms with Crippen LogP contribution >= 0.6 is 0 Å². The highest BCUT2D eigenvalue weighted by Crippen LogP contribution is 2.50. The first-order chi connectivity index (χ1) is 19.5. The van der Waals surface area contributed by atoms with Crippen LogP contribution in [0.4, 0.5) is 43.7 Å². The van der Waals surface area contributed by atoms with Gasteiger partial charge in [-0.15, -0.1) is 0 Å². The predicted molar refractivity (Wildman–Crippen MR) is 137 cm³/mol. The molecule has 1 aliphatic heterocycles. The van der Waals surface area contributed by atoms with Crippen LogP contribution in [0, 0.1) is 0 Å². The third-order valence-corrected chi connectivity index (χ3v) is 6.94. The molecule has 1 aromatic carbocycles. The Morgan fingerprint density at radius 2 is 1.71 bits per heavy atom. The van der Waals surface area contributed by atoms with Crippen LogP contribution in [0.2, 0.25) is 0 Å². The molecule has 3 aromatic rings. The summed E-state index contributed by atoms with van der Waals surface area (Å²) in [5.41, 5.74) is -0.900. The number of amides is 2. The highest BCUT2D eigenvalue weighted by atomic mass is 19.4. The lowest BCUT2D eigenvalue weighted by Crippen LogP contribution is -2.54. The van der Waals surface area contributed by atoms with Gasteiger partial charge in [0.15, 0.2) is 11.5 Å². The maximum Gasteiger partial charge on any atom is 0.430 e. The van der Waals surface area contributed by atoms with Crippen molar-refractivity contribution in [3.63, 3.8) is 0 Å². The lowest BCUT2D eigenvalue weighted by Gasteiger charge is -2.40. The van der Waals surface area contributed by atoms with Gasteiger partial charge >= 0.3 is 12.4 Å². The van der Waals surface area contributed by atoms with Gasteiger partial charge in [0, 0.05) is 43.0 Å². The molecule has 2 atom stereocenters. The molecule has 0 saturated carbocycles. The molecular formula is C25H26F6N8O3. The number of nitrogens with two attached hydrogens (primary N) is 1. The molecule has 0 unspecified atom stereocenters. The quantitative estimate of drug-likeness (QED) is 0.302. The van der Waals surface area contributed by atoms with Crippen molar-refractivity contribution in [2.24, 2.45) is 12.8 Å². The Hall–Kier alpha value is -4.41. The van der Waals surface area contributed by atoms with Gasteiger partial charge in [0.2, 0.25) is 0 Å². The monoisotopic (exact) mass is 600 g/mol. The number of hydrogen-bond donors (Lipinski definition) is 4. The summed E-state index contributed by atoms with van der Waals surface area (Å²) in [6.07, 6.45) is -6.47. The summed E-state index contributed by atoms with van der Waals surface area (Å²) in [6.45, 7) is 2.30. The largest absolute Gasteiger partial charge is 0.430 e. The molecule has 2 aromatic heterocycles. The van der Waals surface area contributed by atoms with Crippen LogP contribution in [0.15, 0.2) is 42.9 Å². The molecule has 42 heavy (non-hydrogen) atoms. The van der Waals surface area contributed by atoms with E-state index in [4.69, 9.17) is 5.73 Å². The van der Waals surface area contributed by atoms with Gasteiger partial charge in [0.1, 0.15) is 5.82 Å². The molecule has 0 aliphatic carbocycles. The fourth-order valence-electron chi connectivity index (χ4n) is 4.67. The van der Waals surface area contributed by atoms with Crippen molar-refractivity contribution in [2.75, 3.05) is 16.8 Å². The number of nitrogens with one attached hydrogen (secondary N) is 2. The number of aliphatic hydroxyl groups is 1. The van der Waals surface area contributed by atoms with Crippen molar-refractivity contribution in [1.29, 1.82) is 0 Å². The molecule has 5 N–H and O–H groups in total. The lowest BCUT2D eigenvalue weighted by molar-refractivity contribution is -0.376. The number of aromatic nitrogens is 4. The van der Waals surface area contributed by atoms with Gasteiger partial charge in [0.25, 0.3) is 17.4 Å². The first kappa shape index (κ1) is 30.5. The van der Waals surface area contributed by atoms with Gasteiger partial charge in [-0.2, -0.15) is 31.4 Å². The van der Waals surface area contributed by atoms with Gasteiger partial charge in [-0.1, -0.05) is 12.1 Å². The van der Waals surface area contributed by atoms with Crippen LogP contribution in [0.5, 0.6) is 0 Å². The standard InChI is InChI=1S/C25H26F6N8O3/c1-13-17(36-22(41)14-5-7-15(8-6-14)23(42,24(26,27)28)25(29,30)31)4-3-9-39(13)18-11-33-19(20(32)40)21(37-18)35-16-10-34-38(2)12-16/h5-8,10-13,17,42H,3-4,9H2,1-2H3,(H2,32,40)(H,35,37)(H,36,41)/t13-,17-/m1/s1. The van der Waals surface area contributed by atoms with E-state index in [0.717, 1.165) is 12.1 Å². The molecule has 1 saturated heterocycles. The zero-order valence-corrected chi connectivity index (χ0v) is 22.2. The van der Waals surface area contributed by atoms with E-state index in [1.807, 2.05) is 4.90 Å². The average Bonchev–Trinajstić information content (AvgIpc) is 3.32. The summed E-state index contributed by atoms with van der Waals surface area (Å²) in [4.78, 5) is 35.3. The number of carbonyl (C=O) groups is 2. The number of piperidine rings is 1. The van der Waals surface area contributed by atoms with E-state index in [2.05, 4.69) is 25.7 Å². The predicted octanol–water partition coefficient (Wildman–Crippen LogP) is 3.15. The highest BCUT2D eigenvalue weighted by molar-refractivity contribution is 5.96. The molecule has 0 radical (unpaired) electrons. The van der Waals surface area contributed by atoms with Crippen molar-refractivity contribution < 1.29 is 41.0 Å². The SMILES string of the molecule is C[C@@H]1[C@H](NC(=O)c2ccc(C(O)(C(F)(F)F)C(F)(F)F)cc2)CCCN1c1cnc(C(N)=O)c(Nc2cnn(C)c2)n1. The van der Waals surface area contributed by atoms with Crippen molar-refractivity contribution in [3.05, 3.63) is 59.7 Å². The Morgan fingerprint density at radius 1 is 1.07 bits per heavy atom. The minimum Gasteiger partial charge on any atom is -0.369 e. The van der Waals surface area contributed by atoms with Crippen LogP contribution in [0.1, 0.15) is 46.2 Å². The van der Waals surface area contributed by atoms with Crippen molar-refractivity contribution in [1.82, 2.24) is 25.1 Å². The Bertz CT molecular complexity index is 1440. The van der Waals surface area contributed by atoms with E-state index in [-0.39, 0.29) is 23.1 Å². The summed E-state index contributed by atoms with van der Waals surface area (Å²) >= 11 is 0. The minimum absolute atomic E-state index is 0.0871. The van der Waals surface area contributed by atoms with Gasteiger partial charge in [-0.05, 0) is 31.9 Å². The summed E-state index contributed by atoms with van der Waals surface area (Å²) in [5, 5.41) is 19.3. The zero-order valence-electron chi connectivity index (χ0n) is 22.2.